The van der Waals surface area contributed by atoms with Crippen molar-refractivity contribution in [3.8, 4) is 0 Å². The highest BCUT2D eigenvalue weighted by molar-refractivity contribution is 6.32. The molecule has 0 saturated carbocycles. The highest BCUT2D eigenvalue weighted by atomic mass is 35.5. The Labute approximate surface area is 156 Å². The lowest BCUT2D eigenvalue weighted by Crippen LogP contribution is -2.08. The van der Waals surface area contributed by atoms with E-state index in [0.717, 1.165) is 11.1 Å². The van der Waals surface area contributed by atoms with Crippen molar-refractivity contribution in [2.45, 2.75) is 27.0 Å². The minimum Gasteiger partial charge on any atom is -0.457 e. The fourth-order valence-electron chi connectivity index (χ4n) is 2.59. The normalized spacial score (nSPS) is 10.8. The maximum atomic E-state index is 13.6. The molecule has 0 N–H and O–H groups in total. The second-order valence-electron chi connectivity index (χ2n) is 6.06. The highest BCUT2D eigenvalue weighted by Crippen LogP contribution is 2.22. The van der Waals surface area contributed by atoms with Crippen LogP contribution in [0.2, 0.25) is 5.15 Å². The molecule has 0 fully saturated rings. The molecule has 134 valence electrons. The van der Waals surface area contributed by atoms with Crippen LogP contribution in [0, 0.1) is 19.7 Å². The number of aromatic nitrogens is 2. The van der Waals surface area contributed by atoms with Gasteiger partial charge in [0.1, 0.15) is 23.1 Å². The molecule has 3 aromatic rings. The van der Waals surface area contributed by atoms with E-state index < -0.39 is 11.8 Å². The largest absolute Gasteiger partial charge is 0.457 e. The average molecular weight is 373 g/mol. The van der Waals surface area contributed by atoms with E-state index in [1.165, 1.54) is 6.07 Å². The molecule has 0 aliphatic heterocycles. The van der Waals surface area contributed by atoms with Crippen molar-refractivity contribution in [1.82, 2.24) is 9.78 Å². The smallest absolute Gasteiger partial charge is 0.343 e. The topological polar surface area (TPSA) is 44.1 Å². The molecule has 0 saturated heterocycles. The van der Waals surface area contributed by atoms with Crippen LogP contribution in [0.3, 0.4) is 0 Å². The van der Waals surface area contributed by atoms with Gasteiger partial charge in [-0.15, -0.1) is 0 Å². The molecule has 0 atom stereocenters. The molecule has 2 aromatic carbocycles. The van der Waals surface area contributed by atoms with E-state index in [2.05, 4.69) is 5.10 Å². The number of hydrogen-bond acceptors (Lipinski definition) is 3. The van der Waals surface area contributed by atoms with Gasteiger partial charge >= 0.3 is 5.97 Å². The first-order valence-electron chi connectivity index (χ1n) is 8.14. The molecular formula is C20H18ClFN2O2. The molecule has 0 radical (unpaired) electrons. The van der Waals surface area contributed by atoms with Crippen LogP contribution in [-0.4, -0.2) is 15.7 Å². The maximum Gasteiger partial charge on any atom is 0.343 e. The summed E-state index contributed by atoms with van der Waals surface area (Å²) in [6, 6.07) is 14.1. The lowest BCUT2D eigenvalue weighted by Gasteiger charge is -2.06. The van der Waals surface area contributed by atoms with Gasteiger partial charge in [-0.3, -0.25) is 0 Å². The summed E-state index contributed by atoms with van der Waals surface area (Å²) in [7, 11) is 0. The number of carbonyl (C=O) groups is 1. The minimum atomic E-state index is -0.620. The van der Waals surface area contributed by atoms with Crippen LogP contribution < -0.4 is 0 Å². The van der Waals surface area contributed by atoms with E-state index in [9.17, 15) is 9.18 Å². The number of aryl methyl sites for hydroxylation is 2. The first-order chi connectivity index (χ1) is 12.5. The summed E-state index contributed by atoms with van der Waals surface area (Å²) in [6.07, 6.45) is 0. The van der Waals surface area contributed by atoms with Crippen molar-refractivity contribution in [2.24, 2.45) is 0 Å². The summed E-state index contributed by atoms with van der Waals surface area (Å²) in [5.74, 6) is -1.04. The molecule has 0 aliphatic rings. The van der Waals surface area contributed by atoms with E-state index in [1.807, 2.05) is 31.2 Å². The summed E-state index contributed by atoms with van der Waals surface area (Å²) in [5, 5.41) is 4.54. The Bertz CT molecular complexity index is 935. The van der Waals surface area contributed by atoms with Crippen molar-refractivity contribution in [3.63, 3.8) is 0 Å². The molecule has 0 amide bonds. The van der Waals surface area contributed by atoms with E-state index >= 15 is 0 Å². The second-order valence-corrected chi connectivity index (χ2v) is 6.42. The van der Waals surface area contributed by atoms with Crippen molar-refractivity contribution in [3.05, 3.63) is 87.4 Å². The Morgan fingerprint density at radius 2 is 1.85 bits per heavy atom. The second kappa shape index (κ2) is 7.70. The predicted octanol–water partition coefficient (Wildman–Crippen LogP) is 4.70. The van der Waals surface area contributed by atoms with Crippen LogP contribution in [0.15, 0.2) is 48.5 Å². The first-order valence-corrected chi connectivity index (χ1v) is 8.52. The van der Waals surface area contributed by atoms with Gasteiger partial charge in [-0.05, 0) is 25.5 Å². The quantitative estimate of drug-likeness (QED) is 0.610. The zero-order chi connectivity index (χ0) is 18.7. The van der Waals surface area contributed by atoms with Gasteiger partial charge in [0.15, 0.2) is 0 Å². The van der Waals surface area contributed by atoms with Crippen LogP contribution >= 0.6 is 11.6 Å². The molecule has 4 nitrogen and oxygen atoms in total. The van der Waals surface area contributed by atoms with Gasteiger partial charge < -0.3 is 4.74 Å². The van der Waals surface area contributed by atoms with E-state index in [0.29, 0.717) is 17.8 Å². The predicted molar refractivity (Wildman–Crippen MR) is 97.8 cm³/mol. The number of esters is 1. The third kappa shape index (κ3) is 3.94. The van der Waals surface area contributed by atoms with Gasteiger partial charge in [0.25, 0.3) is 0 Å². The Morgan fingerprint density at radius 3 is 2.54 bits per heavy atom. The molecule has 1 heterocycles. The zero-order valence-electron chi connectivity index (χ0n) is 14.5. The molecule has 6 heteroatoms. The third-order valence-corrected chi connectivity index (χ3v) is 4.42. The van der Waals surface area contributed by atoms with Gasteiger partial charge in [0.05, 0.1) is 12.2 Å². The number of benzene rings is 2. The Kier molecular flexibility index (Phi) is 5.38. The first kappa shape index (κ1) is 18.1. The van der Waals surface area contributed by atoms with Gasteiger partial charge in [0.2, 0.25) is 0 Å². The van der Waals surface area contributed by atoms with Crippen molar-refractivity contribution < 1.29 is 13.9 Å². The van der Waals surface area contributed by atoms with E-state index in [4.69, 9.17) is 16.3 Å². The fraction of sp³-hybridized carbons (Fsp3) is 0.200. The number of nitrogens with zero attached hydrogens (tertiary/aromatic N) is 2. The number of rotatable bonds is 5. The summed E-state index contributed by atoms with van der Waals surface area (Å²) < 4.78 is 20.4. The van der Waals surface area contributed by atoms with Crippen LogP contribution in [0.1, 0.15) is 32.7 Å². The fourth-order valence-corrected chi connectivity index (χ4v) is 2.90. The molecule has 0 aliphatic carbocycles. The zero-order valence-corrected chi connectivity index (χ0v) is 15.3. The van der Waals surface area contributed by atoms with Crippen molar-refractivity contribution in [2.75, 3.05) is 0 Å². The van der Waals surface area contributed by atoms with Crippen molar-refractivity contribution in [1.29, 1.82) is 0 Å². The van der Waals surface area contributed by atoms with Crippen LogP contribution in [-0.2, 0) is 17.9 Å². The Morgan fingerprint density at radius 1 is 1.15 bits per heavy atom. The summed E-state index contributed by atoms with van der Waals surface area (Å²) in [6.45, 7) is 3.99. The number of carbonyl (C=O) groups excluding carboxylic acids is 1. The third-order valence-electron chi connectivity index (χ3n) is 4.04. The number of ether oxygens (including phenoxy) is 1. The van der Waals surface area contributed by atoms with Gasteiger partial charge in [-0.1, -0.05) is 59.6 Å². The molecule has 0 bridgehead atoms. The molecule has 26 heavy (non-hydrogen) atoms. The maximum absolute atomic E-state index is 13.6. The Hall–Kier alpha value is -2.66. The van der Waals surface area contributed by atoms with Gasteiger partial charge in [0, 0.05) is 5.56 Å². The van der Waals surface area contributed by atoms with E-state index in [-0.39, 0.29) is 17.3 Å². The lowest BCUT2D eigenvalue weighted by molar-refractivity contribution is 0.0468. The standard InChI is InChI=1S/C20H18ClFN2O2/c1-13-7-9-15(10-8-13)11-24-19(21)18(14(2)23-24)20(25)26-12-16-5-3-4-6-17(16)22/h3-10H,11-12H2,1-2H3. The molecule has 3 rings (SSSR count). The Balaban J connectivity index is 1.75. The summed E-state index contributed by atoms with van der Waals surface area (Å²) in [5.41, 5.74) is 3.16. The lowest BCUT2D eigenvalue weighted by atomic mass is 10.1. The van der Waals surface area contributed by atoms with Gasteiger partial charge in [-0.2, -0.15) is 5.10 Å². The summed E-state index contributed by atoms with van der Waals surface area (Å²) in [4.78, 5) is 12.4. The monoisotopic (exact) mass is 372 g/mol. The van der Waals surface area contributed by atoms with Crippen LogP contribution in [0.5, 0.6) is 0 Å². The summed E-state index contributed by atoms with van der Waals surface area (Å²) >= 11 is 6.34. The molecular weight excluding hydrogens is 355 g/mol. The number of halogens is 2. The van der Waals surface area contributed by atoms with Crippen molar-refractivity contribution >= 4 is 17.6 Å². The SMILES string of the molecule is Cc1ccc(Cn2nc(C)c(C(=O)OCc3ccccc3F)c2Cl)cc1. The van der Waals surface area contributed by atoms with E-state index in [1.54, 1.807) is 29.8 Å². The highest BCUT2D eigenvalue weighted by Gasteiger charge is 2.22. The van der Waals surface area contributed by atoms with Gasteiger partial charge in [-0.25, -0.2) is 13.9 Å². The molecule has 0 spiro atoms. The molecule has 0 unspecified atom stereocenters. The molecule has 1 aromatic heterocycles. The van der Waals surface area contributed by atoms with Crippen LogP contribution in [0.25, 0.3) is 0 Å². The average Bonchev–Trinajstić information content (AvgIpc) is 2.89. The van der Waals surface area contributed by atoms with Crippen LogP contribution in [0.4, 0.5) is 4.39 Å². The number of hydrogen-bond donors (Lipinski definition) is 0. The minimum absolute atomic E-state index is 0.162.